The molecular formula is C22H28BNO2. The van der Waals surface area contributed by atoms with E-state index in [-0.39, 0.29) is 18.3 Å². The Hall–Kier alpha value is -1.62. The van der Waals surface area contributed by atoms with Gasteiger partial charge in [-0.1, -0.05) is 36.4 Å². The second-order valence-corrected chi connectivity index (χ2v) is 8.49. The minimum atomic E-state index is -0.327. The topological polar surface area (TPSA) is 30.5 Å². The fourth-order valence-electron chi connectivity index (χ4n) is 4.00. The van der Waals surface area contributed by atoms with Crippen LogP contribution in [0.25, 0.3) is 16.8 Å². The Morgan fingerprint density at radius 3 is 2.35 bits per heavy atom. The number of rotatable bonds is 4. The summed E-state index contributed by atoms with van der Waals surface area (Å²) in [6.07, 6.45) is 4.56. The van der Waals surface area contributed by atoms with E-state index in [1.54, 1.807) is 0 Å². The molecule has 2 aromatic rings. The summed E-state index contributed by atoms with van der Waals surface area (Å²) in [5.41, 5.74) is 4.66. The van der Waals surface area contributed by atoms with Gasteiger partial charge in [-0.15, -0.1) is 0 Å². The van der Waals surface area contributed by atoms with Crippen LogP contribution in [0.2, 0.25) is 0 Å². The maximum absolute atomic E-state index is 6.29. The van der Waals surface area contributed by atoms with Crippen LogP contribution in [-0.2, 0) is 22.2 Å². The van der Waals surface area contributed by atoms with Crippen molar-refractivity contribution in [1.29, 1.82) is 0 Å². The molecule has 2 aliphatic rings. The van der Waals surface area contributed by atoms with Crippen LogP contribution >= 0.6 is 0 Å². The maximum atomic E-state index is 6.29. The summed E-state index contributed by atoms with van der Waals surface area (Å²) >= 11 is 0. The monoisotopic (exact) mass is 349 g/mol. The molecule has 1 saturated heterocycles. The van der Waals surface area contributed by atoms with E-state index in [1.807, 2.05) is 7.05 Å². The third-order valence-electron chi connectivity index (χ3n) is 6.19. The highest BCUT2D eigenvalue weighted by atomic mass is 16.7. The molecule has 0 aromatic heterocycles. The van der Waals surface area contributed by atoms with Crippen molar-refractivity contribution < 1.29 is 9.31 Å². The van der Waals surface area contributed by atoms with Gasteiger partial charge < -0.3 is 14.6 Å². The predicted octanol–water partition coefficient (Wildman–Crippen LogP) is 4.17. The summed E-state index contributed by atoms with van der Waals surface area (Å²) in [7, 11) is 1.64. The van der Waals surface area contributed by atoms with E-state index in [9.17, 15) is 0 Å². The Morgan fingerprint density at radius 2 is 1.69 bits per heavy atom. The molecule has 1 aliphatic carbocycles. The van der Waals surface area contributed by atoms with E-state index in [0.717, 1.165) is 24.9 Å². The Balaban J connectivity index is 1.77. The lowest BCUT2D eigenvalue weighted by molar-refractivity contribution is 0.00578. The highest BCUT2D eigenvalue weighted by Gasteiger charge is 2.52. The van der Waals surface area contributed by atoms with E-state index < -0.39 is 0 Å². The summed E-state index contributed by atoms with van der Waals surface area (Å²) in [5.74, 6) is 0. The lowest BCUT2D eigenvalue weighted by Gasteiger charge is -2.32. The van der Waals surface area contributed by atoms with Crippen LogP contribution in [0.3, 0.4) is 0 Å². The smallest absolute Gasteiger partial charge is 0.400 e. The van der Waals surface area contributed by atoms with Crippen LogP contribution in [0.15, 0.2) is 35.8 Å². The molecule has 0 unspecified atom stereocenters. The molecule has 4 heteroatoms. The van der Waals surface area contributed by atoms with E-state index in [4.69, 9.17) is 9.31 Å². The Labute approximate surface area is 156 Å². The zero-order valence-electron chi connectivity index (χ0n) is 16.5. The van der Waals surface area contributed by atoms with Crippen LogP contribution in [0, 0.1) is 0 Å². The summed E-state index contributed by atoms with van der Waals surface area (Å²) in [6, 6.07) is 11.2. The zero-order valence-corrected chi connectivity index (χ0v) is 16.5. The van der Waals surface area contributed by atoms with Gasteiger partial charge in [-0.2, -0.15) is 0 Å². The van der Waals surface area contributed by atoms with E-state index in [2.05, 4.69) is 69.4 Å². The minimum absolute atomic E-state index is 0.324. The summed E-state index contributed by atoms with van der Waals surface area (Å²) in [5, 5.41) is 6.05. The summed E-state index contributed by atoms with van der Waals surface area (Å²) in [6.45, 7) is 9.14. The number of hydrogen-bond acceptors (Lipinski definition) is 3. The van der Waals surface area contributed by atoms with Gasteiger partial charge in [0.25, 0.3) is 0 Å². The van der Waals surface area contributed by atoms with Gasteiger partial charge in [0.2, 0.25) is 0 Å². The van der Waals surface area contributed by atoms with Gasteiger partial charge >= 0.3 is 7.12 Å². The van der Waals surface area contributed by atoms with Gasteiger partial charge in [0, 0.05) is 6.54 Å². The van der Waals surface area contributed by atoms with Gasteiger partial charge in [-0.25, -0.2) is 0 Å². The van der Waals surface area contributed by atoms with Crippen molar-refractivity contribution in [3.05, 3.63) is 52.5 Å². The van der Waals surface area contributed by atoms with Crippen LogP contribution in [-0.4, -0.2) is 31.9 Å². The number of likely N-dealkylation sites (N-methyl/N-ethyl adjacent to an activating group) is 1. The maximum Gasteiger partial charge on any atom is 0.491 e. The largest absolute Gasteiger partial charge is 0.491 e. The van der Waals surface area contributed by atoms with Gasteiger partial charge in [0.15, 0.2) is 0 Å². The average molecular weight is 349 g/mol. The standard InChI is InChI=1S/C22H28BNO2/c1-21(2)22(3,4)26-23(25-21)18(14-24-5)13-17-12-11-16-10-9-15-7-6-8-19(17)20(15)16/h6-8,11-13,24H,9-10,14H2,1-5H3. The van der Waals surface area contributed by atoms with Crippen molar-refractivity contribution in [2.24, 2.45) is 0 Å². The van der Waals surface area contributed by atoms with Gasteiger partial charge in [-0.05, 0) is 80.5 Å². The molecule has 0 saturated carbocycles. The average Bonchev–Trinajstić information content (AvgIpc) is 3.09. The highest BCUT2D eigenvalue weighted by molar-refractivity contribution is 6.56. The lowest BCUT2D eigenvalue weighted by Crippen LogP contribution is -2.41. The van der Waals surface area contributed by atoms with Crippen molar-refractivity contribution in [3.8, 4) is 0 Å². The first-order valence-electron chi connectivity index (χ1n) is 9.56. The van der Waals surface area contributed by atoms with Crippen LogP contribution in [0.1, 0.15) is 44.4 Å². The third kappa shape index (κ3) is 2.81. The van der Waals surface area contributed by atoms with E-state index in [0.29, 0.717) is 0 Å². The molecule has 0 atom stereocenters. The summed E-state index contributed by atoms with van der Waals surface area (Å²) < 4.78 is 12.6. The fraction of sp³-hybridized carbons (Fsp3) is 0.455. The molecule has 0 amide bonds. The van der Waals surface area contributed by atoms with Crippen molar-refractivity contribution in [2.75, 3.05) is 13.6 Å². The molecule has 2 aromatic carbocycles. The minimum Gasteiger partial charge on any atom is -0.400 e. The number of hydrogen-bond donors (Lipinski definition) is 1. The Bertz CT molecular complexity index is 859. The predicted molar refractivity (Wildman–Crippen MR) is 109 cm³/mol. The first-order chi connectivity index (χ1) is 12.3. The molecule has 4 rings (SSSR count). The van der Waals surface area contributed by atoms with Gasteiger partial charge in [0.1, 0.15) is 0 Å². The van der Waals surface area contributed by atoms with Crippen LogP contribution in [0.5, 0.6) is 0 Å². The quantitative estimate of drug-likeness (QED) is 0.841. The molecule has 1 heterocycles. The fourth-order valence-corrected chi connectivity index (χ4v) is 4.00. The molecular weight excluding hydrogens is 321 g/mol. The molecule has 0 spiro atoms. The van der Waals surface area contributed by atoms with Gasteiger partial charge in [-0.3, -0.25) is 0 Å². The molecule has 1 N–H and O–H groups in total. The molecule has 3 nitrogen and oxygen atoms in total. The van der Waals surface area contributed by atoms with Crippen molar-refractivity contribution in [2.45, 2.75) is 51.7 Å². The van der Waals surface area contributed by atoms with E-state index in [1.165, 1.54) is 27.5 Å². The van der Waals surface area contributed by atoms with Crippen molar-refractivity contribution >= 4 is 24.0 Å². The second kappa shape index (κ2) is 6.23. The molecule has 1 aliphatic heterocycles. The summed E-state index contributed by atoms with van der Waals surface area (Å²) in [4.78, 5) is 0. The third-order valence-corrected chi connectivity index (χ3v) is 6.19. The number of benzene rings is 2. The second-order valence-electron chi connectivity index (χ2n) is 8.49. The highest BCUT2D eigenvalue weighted by Crippen LogP contribution is 2.39. The first kappa shape index (κ1) is 17.8. The SMILES string of the molecule is CNCC(=Cc1ccc2c3c(cccc13)CC2)B1OC(C)(C)C(C)(C)O1. The van der Waals surface area contributed by atoms with E-state index >= 15 is 0 Å². The molecule has 0 bridgehead atoms. The number of nitrogens with one attached hydrogen (secondary N) is 1. The lowest BCUT2D eigenvalue weighted by atomic mass is 9.76. The van der Waals surface area contributed by atoms with Crippen LogP contribution < -0.4 is 5.32 Å². The number of aryl methyl sites for hydroxylation is 2. The van der Waals surface area contributed by atoms with Crippen molar-refractivity contribution in [3.63, 3.8) is 0 Å². The molecule has 136 valence electrons. The van der Waals surface area contributed by atoms with Crippen molar-refractivity contribution in [1.82, 2.24) is 5.32 Å². The molecule has 26 heavy (non-hydrogen) atoms. The molecule has 0 radical (unpaired) electrons. The Kier molecular flexibility index (Phi) is 4.26. The van der Waals surface area contributed by atoms with Gasteiger partial charge in [0.05, 0.1) is 11.2 Å². The van der Waals surface area contributed by atoms with Crippen LogP contribution in [0.4, 0.5) is 0 Å². The Morgan fingerprint density at radius 1 is 1.04 bits per heavy atom. The first-order valence-corrected chi connectivity index (χ1v) is 9.56. The molecule has 1 fully saturated rings. The zero-order chi connectivity index (χ0) is 18.5. The normalized spacial score (nSPS) is 21.0.